The van der Waals surface area contributed by atoms with E-state index in [1.54, 1.807) is 0 Å². The van der Waals surface area contributed by atoms with Crippen LogP contribution in [0.2, 0.25) is 0 Å². The Kier molecular flexibility index (Phi) is 3.25. The minimum Gasteiger partial charge on any atom is -0.462 e. The van der Waals surface area contributed by atoms with Gasteiger partial charge in [-0.3, -0.25) is 9.59 Å². The van der Waals surface area contributed by atoms with Crippen LogP contribution in [0.3, 0.4) is 0 Å². The van der Waals surface area contributed by atoms with Gasteiger partial charge in [-0.05, 0) is 0 Å². The molecule has 0 aromatic rings. The van der Waals surface area contributed by atoms with E-state index in [-0.39, 0.29) is 13.0 Å². The Hall–Kier alpha value is -1.10. The molecule has 5 heteroatoms. The summed E-state index contributed by atoms with van der Waals surface area (Å²) in [5.41, 5.74) is 0. The van der Waals surface area contributed by atoms with Gasteiger partial charge in [0.2, 0.25) is 0 Å². The molecule has 0 aliphatic carbocycles. The van der Waals surface area contributed by atoms with Gasteiger partial charge >= 0.3 is 11.9 Å². The van der Waals surface area contributed by atoms with Crippen LogP contribution in [0.5, 0.6) is 0 Å². The van der Waals surface area contributed by atoms with E-state index in [1.807, 2.05) is 0 Å². The van der Waals surface area contributed by atoms with Crippen molar-refractivity contribution < 1.29 is 24.2 Å². The molecule has 1 rings (SSSR count). The number of carbonyl (C=O) groups excluding carboxylic acids is 2. The second kappa shape index (κ2) is 4.23. The van der Waals surface area contributed by atoms with Crippen LogP contribution in [0.4, 0.5) is 0 Å². The van der Waals surface area contributed by atoms with Crippen LogP contribution in [0.25, 0.3) is 0 Å². The summed E-state index contributed by atoms with van der Waals surface area (Å²) in [7, 11) is 0. The maximum Gasteiger partial charge on any atom is 0.308 e. The van der Waals surface area contributed by atoms with Gasteiger partial charge < -0.3 is 14.6 Å². The van der Waals surface area contributed by atoms with Gasteiger partial charge in [0, 0.05) is 13.3 Å². The molecule has 0 aromatic heterocycles. The average molecular weight is 188 g/mol. The third kappa shape index (κ3) is 3.42. The zero-order valence-corrected chi connectivity index (χ0v) is 7.36. The molecule has 1 aliphatic heterocycles. The second-order valence-corrected chi connectivity index (χ2v) is 3.01. The molecule has 0 radical (unpaired) electrons. The first-order valence-corrected chi connectivity index (χ1v) is 4.09. The first-order chi connectivity index (χ1) is 6.08. The van der Waals surface area contributed by atoms with Gasteiger partial charge in [-0.15, -0.1) is 0 Å². The summed E-state index contributed by atoms with van der Waals surface area (Å²) in [6, 6.07) is 0. The summed E-state index contributed by atoms with van der Waals surface area (Å²) in [6.45, 7) is 1.30. The van der Waals surface area contributed by atoms with Crippen LogP contribution in [0.1, 0.15) is 19.8 Å². The van der Waals surface area contributed by atoms with Gasteiger partial charge in [-0.25, -0.2) is 0 Å². The smallest absolute Gasteiger partial charge is 0.308 e. The molecule has 2 unspecified atom stereocenters. The minimum atomic E-state index is -0.679. The Balaban J connectivity index is 2.33. The maximum atomic E-state index is 10.8. The normalized spacial score (nSPS) is 28.0. The fourth-order valence-electron chi connectivity index (χ4n) is 1.17. The summed E-state index contributed by atoms with van der Waals surface area (Å²) >= 11 is 0. The molecule has 0 spiro atoms. The van der Waals surface area contributed by atoms with Gasteiger partial charge in [0.25, 0.3) is 0 Å². The number of hydrogen-bond acceptors (Lipinski definition) is 5. The first-order valence-electron chi connectivity index (χ1n) is 4.09. The molecule has 0 aromatic carbocycles. The molecule has 1 N–H and O–H groups in total. The summed E-state index contributed by atoms with van der Waals surface area (Å²) in [5.74, 6) is -0.869. The molecule has 0 saturated carbocycles. The molecule has 5 nitrogen and oxygen atoms in total. The zero-order valence-electron chi connectivity index (χ0n) is 7.36. The minimum absolute atomic E-state index is 0.0244. The van der Waals surface area contributed by atoms with E-state index in [9.17, 15) is 14.7 Å². The van der Waals surface area contributed by atoms with Gasteiger partial charge in [0.15, 0.2) is 0 Å². The lowest BCUT2D eigenvalue weighted by Crippen LogP contribution is -2.35. The molecule has 13 heavy (non-hydrogen) atoms. The van der Waals surface area contributed by atoms with Gasteiger partial charge in [-0.1, -0.05) is 0 Å². The van der Waals surface area contributed by atoms with Crippen molar-refractivity contribution in [2.24, 2.45) is 0 Å². The lowest BCUT2D eigenvalue weighted by atomic mass is 10.1. The Morgan fingerprint density at radius 1 is 1.77 bits per heavy atom. The van der Waals surface area contributed by atoms with Crippen molar-refractivity contribution in [2.75, 3.05) is 6.61 Å². The molecule has 74 valence electrons. The largest absolute Gasteiger partial charge is 0.462 e. The number of aliphatic hydroxyl groups excluding tert-OH is 1. The second-order valence-electron chi connectivity index (χ2n) is 3.01. The fourth-order valence-corrected chi connectivity index (χ4v) is 1.17. The van der Waals surface area contributed by atoms with Crippen LogP contribution in [0.15, 0.2) is 0 Å². The lowest BCUT2D eigenvalue weighted by molar-refractivity contribution is -0.168. The third-order valence-electron chi connectivity index (χ3n) is 1.71. The molecular formula is C8H12O5. The fraction of sp³-hybridized carbons (Fsp3) is 0.750. The molecular weight excluding hydrogens is 176 g/mol. The quantitative estimate of drug-likeness (QED) is 0.598. The first kappa shape index (κ1) is 9.98. The molecule has 2 atom stereocenters. The third-order valence-corrected chi connectivity index (χ3v) is 1.71. The Morgan fingerprint density at radius 2 is 2.46 bits per heavy atom. The summed E-state index contributed by atoms with van der Waals surface area (Å²) in [5, 5.41) is 9.17. The highest BCUT2D eigenvalue weighted by atomic mass is 16.6. The average Bonchev–Trinajstić information content (AvgIpc) is 1.99. The SMILES string of the molecule is CC(=O)OCC1CC(O)CC(=O)O1. The zero-order chi connectivity index (χ0) is 9.84. The number of aliphatic hydroxyl groups is 1. The highest BCUT2D eigenvalue weighted by Crippen LogP contribution is 2.14. The molecule has 1 fully saturated rings. The standard InChI is InChI=1S/C8H12O5/c1-5(9)12-4-7-2-6(10)3-8(11)13-7/h6-7,10H,2-4H2,1H3. The summed E-state index contributed by atoms with van der Waals surface area (Å²) < 4.78 is 9.48. The number of ether oxygens (including phenoxy) is 2. The van der Waals surface area contributed by atoms with Crippen molar-refractivity contribution in [3.8, 4) is 0 Å². The van der Waals surface area contributed by atoms with Gasteiger partial charge in [0.05, 0.1) is 12.5 Å². The number of hydrogen-bond donors (Lipinski definition) is 1. The van der Waals surface area contributed by atoms with E-state index in [0.717, 1.165) is 0 Å². The highest BCUT2D eigenvalue weighted by Gasteiger charge is 2.27. The number of esters is 2. The predicted molar refractivity (Wildman–Crippen MR) is 41.8 cm³/mol. The van der Waals surface area contributed by atoms with E-state index in [1.165, 1.54) is 6.92 Å². The van der Waals surface area contributed by atoms with Crippen molar-refractivity contribution in [1.82, 2.24) is 0 Å². The monoisotopic (exact) mass is 188 g/mol. The maximum absolute atomic E-state index is 10.8. The molecule has 1 heterocycles. The predicted octanol–water partition coefficient (Wildman–Crippen LogP) is -0.384. The molecule has 1 saturated heterocycles. The van der Waals surface area contributed by atoms with Crippen molar-refractivity contribution in [1.29, 1.82) is 0 Å². The van der Waals surface area contributed by atoms with Crippen molar-refractivity contribution in [2.45, 2.75) is 32.0 Å². The van der Waals surface area contributed by atoms with Gasteiger partial charge in [0.1, 0.15) is 12.7 Å². The van der Waals surface area contributed by atoms with Crippen LogP contribution >= 0.6 is 0 Å². The van der Waals surface area contributed by atoms with Crippen molar-refractivity contribution in [3.05, 3.63) is 0 Å². The van der Waals surface area contributed by atoms with E-state index in [0.29, 0.717) is 6.42 Å². The lowest BCUT2D eigenvalue weighted by Gasteiger charge is -2.25. The van der Waals surface area contributed by atoms with E-state index < -0.39 is 24.1 Å². The van der Waals surface area contributed by atoms with E-state index in [2.05, 4.69) is 4.74 Å². The van der Waals surface area contributed by atoms with Crippen molar-refractivity contribution >= 4 is 11.9 Å². The number of rotatable bonds is 2. The van der Waals surface area contributed by atoms with Crippen LogP contribution in [-0.2, 0) is 19.1 Å². The Labute approximate surface area is 75.6 Å². The topological polar surface area (TPSA) is 72.8 Å². The summed E-state index contributed by atoms with van der Waals surface area (Å²) in [6.07, 6.45) is -0.822. The molecule has 0 bridgehead atoms. The molecule has 1 aliphatic rings. The number of cyclic esters (lactones) is 1. The van der Waals surface area contributed by atoms with Crippen LogP contribution < -0.4 is 0 Å². The number of carbonyl (C=O) groups is 2. The Bertz CT molecular complexity index is 213. The van der Waals surface area contributed by atoms with Crippen molar-refractivity contribution in [3.63, 3.8) is 0 Å². The summed E-state index contributed by atoms with van der Waals surface area (Å²) in [4.78, 5) is 21.2. The van der Waals surface area contributed by atoms with E-state index >= 15 is 0 Å². The molecule has 0 amide bonds. The van der Waals surface area contributed by atoms with Gasteiger partial charge in [-0.2, -0.15) is 0 Å². The highest BCUT2D eigenvalue weighted by molar-refractivity contribution is 5.71. The van der Waals surface area contributed by atoms with E-state index in [4.69, 9.17) is 4.74 Å². The Morgan fingerprint density at radius 3 is 3.00 bits per heavy atom. The van der Waals surface area contributed by atoms with Crippen LogP contribution in [-0.4, -0.2) is 35.9 Å². The van der Waals surface area contributed by atoms with Crippen LogP contribution in [0, 0.1) is 0 Å².